The summed E-state index contributed by atoms with van der Waals surface area (Å²) in [5.74, 6) is -1.83. The fourth-order valence-corrected chi connectivity index (χ4v) is 4.94. The smallest absolute Gasteiger partial charge is 0.303 e. The van der Waals surface area contributed by atoms with Crippen LogP contribution in [0.1, 0.15) is 48.4 Å². The molecule has 1 saturated heterocycles. The Bertz CT molecular complexity index is 953. The number of amides is 2. The zero-order valence-corrected chi connectivity index (χ0v) is 22.1. The average molecular weight is 506 g/mol. The summed E-state index contributed by atoms with van der Waals surface area (Å²) in [5.41, 5.74) is 0.443. The number of aliphatic hydroxyl groups excluding tert-OH is 1. The quantitative estimate of drug-likeness (QED) is 0.248. The van der Waals surface area contributed by atoms with E-state index in [4.69, 9.17) is 18.6 Å². The third kappa shape index (κ3) is 5.41. The molecule has 35 heavy (non-hydrogen) atoms. The van der Waals surface area contributed by atoms with Gasteiger partial charge in [-0.25, -0.2) is 0 Å². The molecule has 3 rings (SSSR count). The van der Waals surface area contributed by atoms with Crippen molar-refractivity contribution in [3.8, 4) is 0 Å². The van der Waals surface area contributed by atoms with Crippen molar-refractivity contribution in [2.45, 2.75) is 76.5 Å². The van der Waals surface area contributed by atoms with E-state index >= 15 is 0 Å². The first kappa shape index (κ1) is 27.2. The van der Waals surface area contributed by atoms with Gasteiger partial charge < -0.3 is 23.7 Å². The second-order valence-electron chi connectivity index (χ2n) is 10.3. The van der Waals surface area contributed by atoms with Crippen LogP contribution in [0.4, 0.5) is 0 Å². The molecule has 1 N–H and O–H groups in total. The zero-order valence-electron chi connectivity index (χ0n) is 21.1. The van der Waals surface area contributed by atoms with Gasteiger partial charge >= 0.3 is 5.97 Å². The molecule has 1 fully saturated rings. The van der Waals surface area contributed by atoms with E-state index in [0.29, 0.717) is 0 Å². The predicted octanol–water partition coefficient (Wildman–Crippen LogP) is 2.89. The fourth-order valence-electron chi connectivity index (χ4n) is 3.93. The van der Waals surface area contributed by atoms with Crippen molar-refractivity contribution >= 4 is 26.1 Å². The number of nitrogens with zero attached hydrogens (tertiary/aromatic N) is 1. The molecule has 1 aromatic carbocycles. The van der Waals surface area contributed by atoms with Crippen LogP contribution in [-0.2, 0) is 23.4 Å². The highest BCUT2D eigenvalue weighted by atomic mass is 28.4. The van der Waals surface area contributed by atoms with Crippen molar-refractivity contribution in [2.24, 2.45) is 0 Å². The number of aliphatic hydroxyl groups is 1. The van der Waals surface area contributed by atoms with Crippen LogP contribution in [0.25, 0.3) is 0 Å². The molecule has 2 heterocycles. The molecule has 0 aromatic heterocycles. The van der Waals surface area contributed by atoms with Gasteiger partial charge in [-0.2, -0.15) is 0 Å². The Kier molecular flexibility index (Phi) is 8.02. The zero-order chi connectivity index (χ0) is 26.1. The van der Waals surface area contributed by atoms with Crippen molar-refractivity contribution in [3.05, 3.63) is 48.0 Å². The van der Waals surface area contributed by atoms with Crippen molar-refractivity contribution in [1.82, 2.24) is 4.90 Å². The standard InChI is InChI=1S/C25H35NO8Si/c1-8-13-31-24-19(26-22(29)16-11-9-10-12-17(16)23(26)30)21(33-15(2)27)20(28)18(34-24)14-32-35(6,7)25(3,4)5/h8-12,18-21,24,28H,1,13-14H2,2-7H3/t18-,19-,20-,21-,24-/m1/s1. The first-order valence-corrected chi connectivity index (χ1v) is 14.5. The van der Waals surface area contributed by atoms with E-state index in [1.165, 1.54) is 13.0 Å². The first-order valence-electron chi connectivity index (χ1n) is 11.6. The minimum Gasteiger partial charge on any atom is -0.457 e. The molecule has 0 saturated carbocycles. The maximum atomic E-state index is 13.2. The minimum atomic E-state index is -2.20. The highest BCUT2D eigenvalue weighted by molar-refractivity contribution is 6.74. The van der Waals surface area contributed by atoms with Crippen LogP contribution in [0, 0.1) is 0 Å². The van der Waals surface area contributed by atoms with Crippen LogP contribution in [0.5, 0.6) is 0 Å². The molecule has 5 atom stereocenters. The Morgan fingerprint density at radius 2 is 1.77 bits per heavy atom. The van der Waals surface area contributed by atoms with Gasteiger partial charge in [0.15, 0.2) is 20.7 Å². The van der Waals surface area contributed by atoms with Gasteiger partial charge in [0.25, 0.3) is 11.8 Å². The molecule has 192 valence electrons. The van der Waals surface area contributed by atoms with Crippen LogP contribution in [0.15, 0.2) is 36.9 Å². The lowest BCUT2D eigenvalue weighted by molar-refractivity contribution is -0.278. The highest BCUT2D eigenvalue weighted by Crippen LogP contribution is 2.38. The van der Waals surface area contributed by atoms with Crippen molar-refractivity contribution in [3.63, 3.8) is 0 Å². The van der Waals surface area contributed by atoms with E-state index in [-0.39, 0.29) is 29.4 Å². The van der Waals surface area contributed by atoms with E-state index in [0.717, 1.165) is 4.90 Å². The molecule has 9 nitrogen and oxygen atoms in total. The number of benzene rings is 1. The fraction of sp³-hybridized carbons (Fsp3) is 0.560. The van der Waals surface area contributed by atoms with Crippen LogP contribution in [0.3, 0.4) is 0 Å². The number of ether oxygens (including phenoxy) is 3. The predicted molar refractivity (Wildman–Crippen MR) is 130 cm³/mol. The Balaban J connectivity index is 1.96. The lowest BCUT2D eigenvalue weighted by Crippen LogP contribution is -2.67. The maximum absolute atomic E-state index is 13.2. The maximum Gasteiger partial charge on any atom is 0.303 e. The molecule has 0 bridgehead atoms. The Hall–Kier alpha value is -2.37. The number of imide groups is 1. The average Bonchev–Trinajstić information content (AvgIpc) is 3.02. The SMILES string of the molecule is C=CCO[C@@H]1O[C@H](CO[Si](C)(C)C(C)(C)C)[C@@H](O)[C@H](OC(C)=O)[C@H]1N1C(=O)c2ccccc2C1=O. The summed E-state index contributed by atoms with van der Waals surface area (Å²) in [5, 5.41) is 11.2. The molecule has 0 spiro atoms. The topological polar surface area (TPSA) is 112 Å². The van der Waals surface area contributed by atoms with Gasteiger partial charge in [-0.3, -0.25) is 19.3 Å². The number of carbonyl (C=O) groups is 3. The Morgan fingerprint density at radius 1 is 1.20 bits per heavy atom. The molecule has 1 aromatic rings. The monoisotopic (exact) mass is 505 g/mol. The summed E-state index contributed by atoms with van der Waals surface area (Å²) in [7, 11) is -2.20. The third-order valence-corrected chi connectivity index (χ3v) is 11.4. The molecule has 2 aliphatic heterocycles. The Labute approximate surface area is 207 Å². The number of carbonyl (C=O) groups excluding carboxylic acids is 3. The molecule has 0 aliphatic carbocycles. The van der Waals surface area contributed by atoms with Gasteiger partial charge in [0.05, 0.1) is 24.3 Å². The molecule has 0 unspecified atom stereocenters. The lowest BCUT2D eigenvalue weighted by atomic mass is 9.95. The number of hydrogen-bond acceptors (Lipinski definition) is 8. The van der Waals surface area contributed by atoms with Gasteiger partial charge in [0, 0.05) is 6.92 Å². The molecule has 0 radical (unpaired) electrons. The summed E-state index contributed by atoms with van der Waals surface area (Å²) in [4.78, 5) is 39.5. The molecule has 2 aliphatic rings. The summed E-state index contributed by atoms with van der Waals surface area (Å²) in [6, 6.07) is 5.19. The minimum absolute atomic E-state index is 0.0260. The van der Waals surface area contributed by atoms with Crippen LogP contribution >= 0.6 is 0 Å². The highest BCUT2D eigenvalue weighted by Gasteiger charge is 2.55. The first-order chi connectivity index (χ1) is 16.3. The van der Waals surface area contributed by atoms with Gasteiger partial charge in [-0.1, -0.05) is 39.0 Å². The number of esters is 1. The molecular formula is C25H35NO8Si. The molecule has 2 amide bonds. The van der Waals surface area contributed by atoms with Gasteiger partial charge in [-0.05, 0) is 30.3 Å². The van der Waals surface area contributed by atoms with E-state index in [1.54, 1.807) is 24.3 Å². The van der Waals surface area contributed by atoms with Crippen molar-refractivity contribution in [2.75, 3.05) is 13.2 Å². The Morgan fingerprint density at radius 3 is 2.26 bits per heavy atom. The molecular weight excluding hydrogens is 470 g/mol. The van der Waals surface area contributed by atoms with E-state index in [2.05, 4.69) is 40.4 Å². The van der Waals surface area contributed by atoms with Crippen LogP contribution < -0.4 is 0 Å². The second-order valence-corrected chi connectivity index (χ2v) is 15.1. The normalized spacial score (nSPS) is 27.1. The number of hydrogen-bond donors (Lipinski definition) is 1. The van der Waals surface area contributed by atoms with Crippen molar-refractivity contribution < 1.29 is 38.1 Å². The summed E-state index contributed by atoms with van der Waals surface area (Å²) < 4.78 is 23.6. The summed E-state index contributed by atoms with van der Waals surface area (Å²) in [6.07, 6.45) is -3.27. The van der Waals surface area contributed by atoms with E-state index in [9.17, 15) is 19.5 Å². The second kappa shape index (κ2) is 10.3. The molecule has 10 heteroatoms. The summed E-state index contributed by atoms with van der Waals surface area (Å²) in [6.45, 7) is 15.3. The van der Waals surface area contributed by atoms with E-state index < -0.39 is 56.7 Å². The van der Waals surface area contributed by atoms with E-state index in [1.807, 2.05) is 0 Å². The van der Waals surface area contributed by atoms with Crippen molar-refractivity contribution in [1.29, 1.82) is 0 Å². The lowest BCUT2D eigenvalue weighted by Gasteiger charge is -2.47. The third-order valence-electron chi connectivity index (χ3n) is 6.86. The number of fused-ring (bicyclic) bond motifs is 1. The van der Waals surface area contributed by atoms with Crippen LogP contribution in [0.2, 0.25) is 18.1 Å². The van der Waals surface area contributed by atoms with Gasteiger partial charge in [-0.15, -0.1) is 6.58 Å². The summed E-state index contributed by atoms with van der Waals surface area (Å²) >= 11 is 0. The van der Waals surface area contributed by atoms with Gasteiger partial charge in [0.1, 0.15) is 18.2 Å². The largest absolute Gasteiger partial charge is 0.457 e. The number of rotatable bonds is 8. The van der Waals surface area contributed by atoms with Gasteiger partial charge in [0.2, 0.25) is 0 Å². The van der Waals surface area contributed by atoms with Crippen LogP contribution in [-0.4, -0.2) is 80.0 Å².